The predicted octanol–water partition coefficient (Wildman–Crippen LogP) is 8.91. The third-order valence-corrected chi connectivity index (χ3v) is 6.62. The zero-order valence-corrected chi connectivity index (χ0v) is 22.5. The third-order valence-electron chi connectivity index (χ3n) is 6.62. The standard InChI is InChI=1S/C32H41NO5/c1-2-3-4-5-6-7-8-9-10-11-12-15-22-37-26-20-18-25(19-21-26)32-23-28(33-38-32)31(36)24-30(35)27-16-13-14-17-29(27)34/h13-14,16-21,23-24,34-35H,2-12,15,22H2,1H3/b30-24-. The summed E-state index contributed by atoms with van der Waals surface area (Å²) in [6.07, 6.45) is 16.8. The first-order valence-corrected chi connectivity index (χ1v) is 14.0. The number of phenols is 1. The van der Waals surface area contributed by atoms with Crippen LogP contribution < -0.4 is 4.74 Å². The van der Waals surface area contributed by atoms with Gasteiger partial charge in [0.05, 0.1) is 12.2 Å². The number of hydrogen-bond donors (Lipinski definition) is 2. The Bertz CT molecular complexity index is 1130. The van der Waals surface area contributed by atoms with E-state index in [0.29, 0.717) is 12.4 Å². The highest BCUT2D eigenvalue weighted by Gasteiger charge is 2.15. The van der Waals surface area contributed by atoms with E-state index >= 15 is 0 Å². The van der Waals surface area contributed by atoms with Crippen LogP contribution in [0, 0.1) is 0 Å². The lowest BCUT2D eigenvalue weighted by molar-refractivity contribution is 0.103. The summed E-state index contributed by atoms with van der Waals surface area (Å²) in [5, 5.41) is 23.9. The van der Waals surface area contributed by atoms with Crippen molar-refractivity contribution in [3.05, 3.63) is 71.9 Å². The average Bonchev–Trinajstić information content (AvgIpc) is 3.42. The van der Waals surface area contributed by atoms with Crippen LogP contribution >= 0.6 is 0 Å². The first kappa shape index (κ1) is 29.0. The molecule has 1 aromatic heterocycles. The zero-order valence-electron chi connectivity index (χ0n) is 22.5. The largest absolute Gasteiger partial charge is 0.507 e. The van der Waals surface area contributed by atoms with E-state index in [1.54, 1.807) is 12.1 Å². The molecular formula is C32H41NO5. The Morgan fingerprint density at radius 2 is 1.47 bits per heavy atom. The van der Waals surface area contributed by atoms with E-state index in [9.17, 15) is 15.0 Å². The van der Waals surface area contributed by atoms with Gasteiger partial charge < -0.3 is 19.5 Å². The number of aliphatic hydroxyl groups excluding tert-OH is 1. The van der Waals surface area contributed by atoms with Crippen molar-refractivity contribution in [3.63, 3.8) is 0 Å². The Kier molecular flexibility index (Phi) is 12.5. The third kappa shape index (κ3) is 9.73. The number of aromatic hydroxyl groups is 1. The summed E-state index contributed by atoms with van der Waals surface area (Å²) in [5.41, 5.74) is 1.00. The highest BCUT2D eigenvalue weighted by atomic mass is 16.5. The maximum atomic E-state index is 12.5. The van der Waals surface area contributed by atoms with E-state index in [4.69, 9.17) is 9.26 Å². The highest BCUT2D eigenvalue weighted by molar-refractivity contribution is 6.07. The molecule has 3 rings (SSSR count). The van der Waals surface area contributed by atoms with Gasteiger partial charge >= 0.3 is 0 Å². The number of aliphatic hydroxyl groups is 1. The number of ether oxygens (including phenoxy) is 1. The van der Waals surface area contributed by atoms with Crippen molar-refractivity contribution in [3.8, 4) is 22.8 Å². The van der Waals surface area contributed by atoms with E-state index in [2.05, 4.69) is 12.1 Å². The molecule has 0 atom stereocenters. The number of unbranched alkanes of at least 4 members (excludes halogenated alkanes) is 11. The van der Waals surface area contributed by atoms with Gasteiger partial charge in [0.25, 0.3) is 0 Å². The lowest BCUT2D eigenvalue weighted by atomic mass is 10.1. The molecule has 6 nitrogen and oxygen atoms in total. The maximum absolute atomic E-state index is 12.5. The van der Waals surface area contributed by atoms with Crippen LogP contribution in [0.1, 0.15) is 100 Å². The van der Waals surface area contributed by atoms with Crippen molar-refractivity contribution in [1.29, 1.82) is 0 Å². The molecular weight excluding hydrogens is 478 g/mol. The monoisotopic (exact) mass is 519 g/mol. The van der Waals surface area contributed by atoms with Gasteiger partial charge in [-0.05, 0) is 42.8 Å². The summed E-state index contributed by atoms with van der Waals surface area (Å²) in [6, 6.07) is 15.3. The van der Waals surface area contributed by atoms with Gasteiger partial charge in [0.15, 0.2) is 11.5 Å². The Hall–Kier alpha value is -3.54. The quantitative estimate of drug-likeness (QED) is 0.0754. The van der Waals surface area contributed by atoms with E-state index in [0.717, 1.165) is 23.8 Å². The number of carbonyl (C=O) groups excluding carboxylic acids is 1. The number of para-hydroxylation sites is 1. The number of hydrogen-bond acceptors (Lipinski definition) is 6. The molecule has 0 unspecified atom stereocenters. The molecule has 6 heteroatoms. The molecule has 0 saturated carbocycles. The average molecular weight is 520 g/mol. The summed E-state index contributed by atoms with van der Waals surface area (Å²) in [5.74, 6) is 0.255. The van der Waals surface area contributed by atoms with Gasteiger partial charge in [-0.3, -0.25) is 4.79 Å². The molecule has 0 amide bonds. The first-order chi connectivity index (χ1) is 18.6. The molecule has 3 aromatic rings. The van der Waals surface area contributed by atoms with Crippen molar-refractivity contribution in [2.75, 3.05) is 6.61 Å². The predicted molar refractivity (Wildman–Crippen MR) is 152 cm³/mol. The molecule has 0 aliphatic heterocycles. The topological polar surface area (TPSA) is 92.8 Å². The smallest absolute Gasteiger partial charge is 0.211 e. The Labute approximate surface area is 226 Å². The second kappa shape index (κ2) is 16.3. The zero-order chi connectivity index (χ0) is 27.0. The minimum Gasteiger partial charge on any atom is -0.507 e. The molecule has 204 valence electrons. The van der Waals surface area contributed by atoms with E-state index < -0.39 is 5.78 Å². The number of ketones is 1. The Balaban J connectivity index is 1.34. The molecule has 0 saturated heterocycles. The number of nitrogens with zero attached hydrogens (tertiary/aromatic N) is 1. The van der Waals surface area contributed by atoms with Crippen molar-refractivity contribution < 1.29 is 24.3 Å². The molecule has 0 aliphatic carbocycles. The van der Waals surface area contributed by atoms with Crippen LogP contribution in [0.25, 0.3) is 17.1 Å². The molecule has 2 N–H and O–H groups in total. The lowest BCUT2D eigenvalue weighted by Crippen LogP contribution is -1.97. The minimum atomic E-state index is -0.525. The van der Waals surface area contributed by atoms with Crippen molar-refractivity contribution >= 4 is 11.5 Å². The second-order valence-electron chi connectivity index (χ2n) is 9.75. The van der Waals surface area contributed by atoms with Gasteiger partial charge in [-0.25, -0.2) is 0 Å². The van der Waals surface area contributed by atoms with Crippen LogP contribution in [0.2, 0.25) is 0 Å². The van der Waals surface area contributed by atoms with Crippen LogP contribution in [0.3, 0.4) is 0 Å². The molecule has 0 fully saturated rings. The van der Waals surface area contributed by atoms with E-state index in [-0.39, 0.29) is 22.8 Å². The van der Waals surface area contributed by atoms with Crippen LogP contribution in [0.4, 0.5) is 0 Å². The van der Waals surface area contributed by atoms with Gasteiger partial charge in [0.1, 0.15) is 17.3 Å². The fraction of sp³-hybridized carbons (Fsp3) is 0.438. The number of allylic oxidation sites excluding steroid dienone is 1. The number of benzene rings is 2. The first-order valence-electron chi connectivity index (χ1n) is 14.0. The summed E-state index contributed by atoms with van der Waals surface area (Å²) in [7, 11) is 0. The second-order valence-corrected chi connectivity index (χ2v) is 9.75. The number of aromatic nitrogens is 1. The van der Waals surface area contributed by atoms with E-state index in [1.807, 2.05) is 24.3 Å². The van der Waals surface area contributed by atoms with Crippen molar-refractivity contribution in [1.82, 2.24) is 5.16 Å². The summed E-state index contributed by atoms with van der Waals surface area (Å²) in [4.78, 5) is 12.5. The Morgan fingerprint density at radius 3 is 2.11 bits per heavy atom. The maximum Gasteiger partial charge on any atom is 0.211 e. The van der Waals surface area contributed by atoms with Gasteiger partial charge in [-0.1, -0.05) is 94.8 Å². The van der Waals surface area contributed by atoms with Crippen LogP contribution in [0.15, 0.2) is 65.2 Å². The number of rotatable bonds is 18. The SMILES string of the molecule is CCCCCCCCCCCCCCOc1ccc(-c2cc(C(=O)/C=C(\O)c3ccccc3O)no2)cc1. The molecule has 1 heterocycles. The molecule has 0 aliphatic rings. The highest BCUT2D eigenvalue weighted by Crippen LogP contribution is 2.26. The van der Waals surface area contributed by atoms with Gasteiger partial charge in [-0.15, -0.1) is 0 Å². The fourth-order valence-electron chi connectivity index (χ4n) is 4.34. The minimum absolute atomic E-state index is 0.0641. The van der Waals surface area contributed by atoms with Crippen LogP contribution in [-0.2, 0) is 0 Å². The van der Waals surface area contributed by atoms with Gasteiger partial charge in [-0.2, -0.15) is 0 Å². The molecule has 0 spiro atoms. The van der Waals surface area contributed by atoms with Crippen LogP contribution in [0.5, 0.6) is 11.5 Å². The fourth-order valence-corrected chi connectivity index (χ4v) is 4.34. The van der Waals surface area contributed by atoms with Gasteiger partial charge in [0.2, 0.25) is 5.78 Å². The number of carbonyl (C=O) groups is 1. The van der Waals surface area contributed by atoms with Crippen molar-refractivity contribution in [2.45, 2.75) is 84.0 Å². The van der Waals surface area contributed by atoms with E-state index in [1.165, 1.54) is 88.8 Å². The molecule has 38 heavy (non-hydrogen) atoms. The number of phenolic OH excluding ortho intramolecular Hbond substituents is 1. The summed E-state index contributed by atoms with van der Waals surface area (Å²) >= 11 is 0. The molecule has 0 bridgehead atoms. The van der Waals surface area contributed by atoms with Crippen molar-refractivity contribution in [2.24, 2.45) is 0 Å². The Morgan fingerprint density at radius 1 is 0.868 bits per heavy atom. The molecule has 2 aromatic carbocycles. The normalized spacial score (nSPS) is 11.6. The van der Waals surface area contributed by atoms with Gasteiger partial charge in [0, 0.05) is 17.7 Å². The van der Waals surface area contributed by atoms with Crippen LogP contribution in [-0.4, -0.2) is 27.8 Å². The summed E-state index contributed by atoms with van der Waals surface area (Å²) in [6.45, 7) is 2.96. The molecule has 0 radical (unpaired) electrons. The lowest BCUT2D eigenvalue weighted by Gasteiger charge is -2.07. The summed E-state index contributed by atoms with van der Waals surface area (Å²) < 4.78 is 11.2.